The van der Waals surface area contributed by atoms with Crippen molar-refractivity contribution in [1.29, 1.82) is 0 Å². The topological polar surface area (TPSA) is 40.2 Å². The molecule has 2 aromatic rings. The van der Waals surface area contributed by atoms with Gasteiger partial charge in [0.05, 0.1) is 18.3 Å². The molecule has 0 saturated heterocycles. The van der Waals surface area contributed by atoms with Crippen molar-refractivity contribution in [2.45, 2.75) is 25.4 Å². The molecule has 1 unspecified atom stereocenters. The van der Waals surface area contributed by atoms with Gasteiger partial charge < -0.3 is 18.9 Å². The summed E-state index contributed by atoms with van der Waals surface area (Å²) in [4.78, 5) is 2.37. The summed E-state index contributed by atoms with van der Waals surface area (Å²) >= 11 is 0. The molecule has 0 radical (unpaired) electrons. The van der Waals surface area contributed by atoms with Crippen LogP contribution in [-0.4, -0.2) is 32.4 Å². The zero-order valence-electron chi connectivity index (χ0n) is 17.4. The summed E-state index contributed by atoms with van der Waals surface area (Å²) in [7, 11) is -0.995. The number of benzene rings is 2. The highest BCUT2D eigenvalue weighted by atomic mass is 35.5. The zero-order chi connectivity index (χ0) is 19.5. The first kappa shape index (κ1) is 14.0. The molecule has 0 N–H and O–H groups in total. The first-order valence-electron chi connectivity index (χ1n) is 9.97. The van der Waals surface area contributed by atoms with Gasteiger partial charge in [-0.05, 0) is 47.7 Å². The first-order chi connectivity index (χ1) is 13.4. The maximum absolute atomic E-state index is 7.52. The molecule has 0 aromatic heterocycles. The molecule has 26 heavy (non-hydrogen) atoms. The summed E-state index contributed by atoms with van der Waals surface area (Å²) in [6.07, 6.45) is 1.70. The molecule has 3 aliphatic heterocycles. The number of fused-ring (bicyclic) bond motifs is 5. The Morgan fingerprint density at radius 3 is 2.81 bits per heavy atom. The monoisotopic (exact) mass is 378 g/mol. The average molecular weight is 379 g/mol. The molecule has 0 spiro atoms. The van der Waals surface area contributed by atoms with E-state index in [9.17, 15) is 0 Å². The highest BCUT2D eigenvalue weighted by molar-refractivity contribution is 5.85. The van der Waals surface area contributed by atoms with Crippen LogP contribution >= 0.6 is 12.4 Å². The van der Waals surface area contributed by atoms with Gasteiger partial charge in [0.2, 0.25) is 6.79 Å². The van der Waals surface area contributed by atoms with Crippen LogP contribution in [-0.2, 0) is 19.4 Å². The van der Waals surface area contributed by atoms with Gasteiger partial charge in [-0.15, -0.1) is 12.4 Å². The molecule has 0 amide bonds. The summed E-state index contributed by atoms with van der Waals surface area (Å²) < 4.78 is 44.4. The van der Waals surface area contributed by atoms with Crippen LogP contribution in [0.25, 0.3) is 0 Å². The Kier molecular flexibility index (Phi) is 3.53. The number of ether oxygens (including phenoxy) is 4. The van der Waals surface area contributed by atoms with E-state index >= 15 is 0 Å². The lowest BCUT2D eigenvalue weighted by molar-refractivity contribution is 0.157. The maximum Gasteiger partial charge on any atom is 0.231 e. The molecule has 3 aliphatic rings. The molecule has 0 fully saturated rings. The molecule has 5 nitrogen and oxygen atoms in total. The number of rotatable bonds is 2. The predicted octanol–water partition coefficient (Wildman–Crippen LogP) is 3.51. The van der Waals surface area contributed by atoms with E-state index in [1.165, 1.54) is 18.2 Å². The Bertz CT molecular complexity index is 950. The second kappa shape index (κ2) is 6.56. The lowest BCUT2D eigenvalue weighted by Gasteiger charge is -2.42. The summed E-state index contributed by atoms with van der Waals surface area (Å²) in [6.45, 7) is 1.78. The van der Waals surface area contributed by atoms with Gasteiger partial charge in [0.25, 0.3) is 0 Å². The van der Waals surface area contributed by atoms with E-state index in [2.05, 4.69) is 17.0 Å². The number of halogens is 1. The molecule has 0 aliphatic carbocycles. The third-order valence-electron chi connectivity index (χ3n) is 5.52. The lowest BCUT2D eigenvalue weighted by Crippen LogP contribution is -2.39. The van der Waals surface area contributed by atoms with Gasteiger partial charge in [0.1, 0.15) is 0 Å². The third kappa shape index (κ3) is 2.49. The van der Waals surface area contributed by atoms with Crippen molar-refractivity contribution in [2.75, 3.05) is 27.5 Å². The first-order valence-corrected chi connectivity index (χ1v) is 8.47. The van der Waals surface area contributed by atoms with Crippen molar-refractivity contribution < 1.29 is 23.1 Å². The van der Waals surface area contributed by atoms with Crippen LogP contribution < -0.4 is 18.9 Å². The van der Waals surface area contributed by atoms with Gasteiger partial charge in [-0.1, -0.05) is 6.07 Å². The SMILES string of the molecule is Cl.[2H]C([2H])([2H])Oc1c(OC)ccc2c1CN1CCc3cc4c(cc3C1C2)OCO4. The van der Waals surface area contributed by atoms with Gasteiger partial charge >= 0.3 is 0 Å². The number of hydrogen-bond donors (Lipinski definition) is 0. The maximum atomic E-state index is 7.52. The molecule has 0 saturated carbocycles. The quantitative estimate of drug-likeness (QED) is 0.799. The Morgan fingerprint density at radius 2 is 2.00 bits per heavy atom. The summed E-state index contributed by atoms with van der Waals surface area (Å²) in [5.74, 6) is 2.40. The number of nitrogens with zero attached hydrogens (tertiary/aromatic N) is 1. The van der Waals surface area contributed by atoms with Crippen molar-refractivity contribution in [1.82, 2.24) is 4.90 Å². The minimum atomic E-state index is -2.52. The molecular formula is C20H22ClNO4. The largest absolute Gasteiger partial charge is 0.493 e. The van der Waals surface area contributed by atoms with Crippen molar-refractivity contribution in [3.8, 4) is 23.0 Å². The standard InChI is InChI=1S/C20H21NO4.ClH/c1-22-17-4-3-12-7-16-14-9-19-18(24-11-25-19)8-13(14)5-6-21(16)10-15(12)20(17)23-2;/h3-4,8-9,16H,5-7,10-11H2,1-2H3;1H/i2D3;. The molecular weight excluding hydrogens is 354 g/mol. The number of methoxy groups -OCH3 is 2. The van der Waals surface area contributed by atoms with Crippen molar-refractivity contribution in [3.63, 3.8) is 0 Å². The van der Waals surface area contributed by atoms with Crippen LogP contribution in [0.5, 0.6) is 23.0 Å². The summed E-state index contributed by atoms with van der Waals surface area (Å²) in [5.41, 5.74) is 4.54. The minimum Gasteiger partial charge on any atom is -0.493 e. The van der Waals surface area contributed by atoms with E-state index in [1.807, 2.05) is 6.07 Å². The average Bonchev–Trinajstić information content (AvgIpc) is 3.11. The van der Waals surface area contributed by atoms with Crippen LogP contribution in [0.1, 0.15) is 32.4 Å². The van der Waals surface area contributed by atoms with Gasteiger partial charge in [-0.2, -0.15) is 0 Å². The second-order valence-electron chi connectivity index (χ2n) is 6.68. The summed E-state index contributed by atoms with van der Waals surface area (Å²) in [6, 6.07) is 8.22. The highest BCUT2D eigenvalue weighted by Crippen LogP contribution is 2.46. The fraction of sp³-hybridized carbons (Fsp3) is 0.400. The molecule has 3 heterocycles. The van der Waals surface area contributed by atoms with Crippen LogP contribution in [0.2, 0.25) is 0 Å². The molecule has 1 atom stereocenters. The van der Waals surface area contributed by atoms with Gasteiger partial charge in [0.15, 0.2) is 23.0 Å². The molecule has 6 heteroatoms. The lowest BCUT2D eigenvalue weighted by atomic mass is 9.83. The Hall–Kier alpha value is -2.11. The molecule has 5 rings (SSSR count). The Morgan fingerprint density at radius 1 is 1.15 bits per heavy atom. The van der Waals surface area contributed by atoms with Crippen LogP contribution in [0.15, 0.2) is 24.3 Å². The fourth-order valence-electron chi connectivity index (χ4n) is 4.27. The molecule has 138 valence electrons. The van der Waals surface area contributed by atoms with E-state index in [4.69, 9.17) is 23.1 Å². The van der Waals surface area contributed by atoms with Crippen molar-refractivity contribution in [2.24, 2.45) is 0 Å². The normalized spacial score (nSPS) is 21.9. The Labute approximate surface area is 163 Å². The van der Waals surface area contributed by atoms with Crippen LogP contribution in [0, 0.1) is 0 Å². The van der Waals surface area contributed by atoms with E-state index in [1.54, 1.807) is 6.07 Å². The van der Waals surface area contributed by atoms with Gasteiger partial charge in [-0.25, -0.2) is 0 Å². The fourth-order valence-corrected chi connectivity index (χ4v) is 4.27. The van der Waals surface area contributed by atoms with Gasteiger partial charge in [-0.3, -0.25) is 4.90 Å². The van der Waals surface area contributed by atoms with E-state index in [0.717, 1.165) is 42.0 Å². The van der Waals surface area contributed by atoms with Crippen LogP contribution in [0.3, 0.4) is 0 Å². The van der Waals surface area contributed by atoms with Crippen LogP contribution in [0.4, 0.5) is 0 Å². The number of hydrogen-bond acceptors (Lipinski definition) is 5. The van der Waals surface area contributed by atoms with Crippen molar-refractivity contribution >= 4 is 12.4 Å². The molecule has 0 bridgehead atoms. The van der Waals surface area contributed by atoms with E-state index in [-0.39, 0.29) is 25.2 Å². The van der Waals surface area contributed by atoms with Gasteiger partial charge in [0, 0.05) is 24.7 Å². The molecule has 2 aromatic carbocycles. The summed E-state index contributed by atoms with van der Waals surface area (Å²) in [5, 5.41) is 0. The second-order valence-corrected chi connectivity index (χ2v) is 6.68. The van der Waals surface area contributed by atoms with E-state index < -0.39 is 7.04 Å². The van der Waals surface area contributed by atoms with Crippen molar-refractivity contribution in [3.05, 3.63) is 46.5 Å². The van der Waals surface area contributed by atoms with E-state index in [0.29, 0.717) is 18.0 Å². The smallest absolute Gasteiger partial charge is 0.231 e. The predicted molar refractivity (Wildman–Crippen MR) is 99.9 cm³/mol. The highest BCUT2D eigenvalue weighted by Gasteiger charge is 2.35. The minimum absolute atomic E-state index is 0. The third-order valence-corrected chi connectivity index (χ3v) is 5.52. The Balaban J connectivity index is 0.00000205. The zero-order valence-corrected chi connectivity index (χ0v) is 15.2.